The standard InChI is InChI=1S/C25H22ClF2N3O7/c1-12(32)36-22-20(31-10-17(29-30-31)14-8-15(27)19(26)16(28)9-14)21-18(37-23(22)24(33)34-2)11-35-25(38-21)13-6-4-3-5-7-13/h3-10,18,20-23,25H,11H2,1-2H3/t18-,20+,21+,22-,23-,25+/m1/s1. The van der Waals surface area contributed by atoms with Crippen molar-refractivity contribution in [1.82, 2.24) is 15.0 Å². The number of nitrogens with zero attached hydrogens (tertiary/aromatic N) is 3. The van der Waals surface area contributed by atoms with Crippen molar-refractivity contribution in [2.45, 2.75) is 43.7 Å². The number of fused-ring (bicyclic) bond motifs is 1. The molecule has 2 fully saturated rings. The van der Waals surface area contributed by atoms with Gasteiger partial charge in [0.05, 0.1) is 19.9 Å². The third kappa shape index (κ3) is 4.99. The number of carbonyl (C=O) groups is 2. The Morgan fingerprint density at radius 3 is 2.50 bits per heavy atom. The Labute approximate surface area is 220 Å². The average Bonchev–Trinajstić information content (AvgIpc) is 3.40. The molecular weight excluding hydrogens is 528 g/mol. The molecule has 0 amide bonds. The number of ether oxygens (including phenoxy) is 5. The maximum Gasteiger partial charge on any atom is 0.339 e. The van der Waals surface area contributed by atoms with E-state index < -0.39 is 65.3 Å². The van der Waals surface area contributed by atoms with Crippen LogP contribution >= 0.6 is 11.6 Å². The Kier molecular flexibility index (Phi) is 7.39. The molecule has 3 aromatic rings. The molecule has 0 aliphatic carbocycles. The first-order valence-corrected chi connectivity index (χ1v) is 11.9. The molecule has 0 N–H and O–H groups in total. The summed E-state index contributed by atoms with van der Waals surface area (Å²) in [7, 11) is 1.17. The van der Waals surface area contributed by atoms with Crippen molar-refractivity contribution in [2.24, 2.45) is 0 Å². The largest absolute Gasteiger partial charge is 0.467 e. The van der Waals surface area contributed by atoms with Crippen molar-refractivity contribution >= 4 is 23.5 Å². The van der Waals surface area contributed by atoms with Crippen molar-refractivity contribution in [3.05, 3.63) is 70.9 Å². The Bertz CT molecular complexity index is 1320. The summed E-state index contributed by atoms with van der Waals surface area (Å²) >= 11 is 5.61. The minimum Gasteiger partial charge on any atom is -0.467 e. The lowest BCUT2D eigenvalue weighted by Crippen LogP contribution is -2.62. The number of halogens is 3. The van der Waals surface area contributed by atoms with E-state index in [4.69, 9.17) is 35.3 Å². The number of rotatable bonds is 5. The highest BCUT2D eigenvalue weighted by molar-refractivity contribution is 6.31. The van der Waals surface area contributed by atoms with Gasteiger partial charge >= 0.3 is 11.9 Å². The second-order valence-electron chi connectivity index (χ2n) is 8.70. The van der Waals surface area contributed by atoms with E-state index in [0.717, 1.165) is 17.7 Å². The Morgan fingerprint density at radius 1 is 1.13 bits per heavy atom. The van der Waals surface area contributed by atoms with Crippen LogP contribution in [0.25, 0.3) is 11.3 Å². The summed E-state index contributed by atoms with van der Waals surface area (Å²) in [6.07, 6.45) is -3.60. The first kappa shape index (κ1) is 26.2. The molecule has 5 rings (SSSR count). The Balaban J connectivity index is 1.56. The van der Waals surface area contributed by atoms with Gasteiger partial charge in [-0.05, 0) is 12.1 Å². The molecule has 2 aliphatic heterocycles. The van der Waals surface area contributed by atoms with Crippen LogP contribution in [0.15, 0.2) is 48.7 Å². The molecule has 6 atom stereocenters. The van der Waals surface area contributed by atoms with Crippen molar-refractivity contribution in [3.8, 4) is 11.3 Å². The fourth-order valence-corrected chi connectivity index (χ4v) is 4.68. The van der Waals surface area contributed by atoms with E-state index in [1.54, 1.807) is 0 Å². The summed E-state index contributed by atoms with van der Waals surface area (Å²) in [6.45, 7) is 1.22. The smallest absolute Gasteiger partial charge is 0.339 e. The van der Waals surface area contributed by atoms with Gasteiger partial charge in [-0.15, -0.1) is 5.10 Å². The van der Waals surface area contributed by atoms with Gasteiger partial charge in [0, 0.05) is 18.1 Å². The van der Waals surface area contributed by atoms with Gasteiger partial charge < -0.3 is 23.7 Å². The molecule has 200 valence electrons. The van der Waals surface area contributed by atoms with Gasteiger partial charge in [0.1, 0.15) is 40.6 Å². The SMILES string of the molecule is COC(=O)[C@@H]1O[C@@H]2CO[C@H](c3ccccc3)O[C@@H]2[C@H](n2cc(-c3cc(F)c(Cl)c(F)c3)nn2)[C@H]1OC(C)=O. The lowest BCUT2D eigenvalue weighted by atomic mass is 9.91. The molecule has 38 heavy (non-hydrogen) atoms. The third-order valence-corrected chi connectivity index (χ3v) is 6.62. The van der Waals surface area contributed by atoms with E-state index in [0.29, 0.717) is 0 Å². The van der Waals surface area contributed by atoms with Crippen LogP contribution in [0.3, 0.4) is 0 Å². The topological polar surface area (TPSA) is 111 Å². The van der Waals surface area contributed by atoms with Gasteiger partial charge in [-0.1, -0.05) is 47.1 Å². The minimum absolute atomic E-state index is 0.0379. The maximum absolute atomic E-state index is 14.1. The van der Waals surface area contributed by atoms with E-state index in [2.05, 4.69) is 10.3 Å². The molecule has 0 unspecified atom stereocenters. The monoisotopic (exact) mass is 549 g/mol. The normalized spacial score (nSPS) is 26.9. The number of esters is 2. The molecule has 0 radical (unpaired) electrons. The number of methoxy groups -OCH3 is 1. The predicted octanol–water partition coefficient (Wildman–Crippen LogP) is 3.40. The van der Waals surface area contributed by atoms with Crippen molar-refractivity contribution < 1.29 is 42.1 Å². The molecule has 0 bridgehead atoms. The van der Waals surface area contributed by atoms with E-state index >= 15 is 0 Å². The van der Waals surface area contributed by atoms with Crippen molar-refractivity contribution in [2.75, 3.05) is 13.7 Å². The second kappa shape index (κ2) is 10.7. The zero-order valence-corrected chi connectivity index (χ0v) is 20.9. The van der Waals surface area contributed by atoms with Crippen molar-refractivity contribution in [1.29, 1.82) is 0 Å². The highest BCUT2D eigenvalue weighted by atomic mass is 35.5. The van der Waals surface area contributed by atoms with Crippen LogP contribution in [0.1, 0.15) is 24.8 Å². The zero-order valence-electron chi connectivity index (χ0n) is 20.1. The third-order valence-electron chi connectivity index (χ3n) is 6.25. The molecule has 13 heteroatoms. The van der Waals surface area contributed by atoms with Crippen LogP contribution in [-0.2, 0) is 33.3 Å². The van der Waals surface area contributed by atoms with Crippen molar-refractivity contribution in [3.63, 3.8) is 0 Å². The van der Waals surface area contributed by atoms with E-state index in [1.165, 1.54) is 24.9 Å². The lowest BCUT2D eigenvalue weighted by molar-refractivity contribution is -0.315. The number of benzene rings is 2. The lowest BCUT2D eigenvalue weighted by Gasteiger charge is -2.48. The number of hydrogen-bond acceptors (Lipinski definition) is 9. The van der Waals surface area contributed by atoms with Gasteiger partial charge in [0.2, 0.25) is 0 Å². The molecule has 0 spiro atoms. The Morgan fingerprint density at radius 2 is 1.84 bits per heavy atom. The van der Waals surface area contributed by atoms with Gasteiger partial charge in [0.25, 0.3) is 0 Å². The second-order valence-corrected chi connectivity index (χ2v) is 9.08. The summed E-state index contributed by atoms with van der Waals surface area (Å²) in [6, 6.07) is 10.2. The first-order valence-electron chi connectivity index (χ1n) is 11.6. The predicted molar refractivity (Wildman–Crippen MR) is 126 cm³/mol. The number of aromatic nitrogens is 3. The summed E-state index contributed by atoms with van der Waals surface area (Å²) in [5, 5.41) is 7.53. The molecule has 10 nitrogen and oxygen atoms in total. The Hall–Kier alpha value is -3.45. The summed E-state index contributed by atoms with van der Waals surface area (Å²) in [5.41, 5.74) is 0.906. The van der Waals surface area contributed by atoms with Gasteiger partial charge in [-0.25, -0.2) is 18.3 Å². The van der Waals surface area contributed by atoms with E-state index in [1.807, 2.05) is 30.3 Å². The molecule has 2 aliphatic rings. The molecule has 3 heterocycles. The first-order chi connectivity index (χ1) is 18.3. The molecule has 0 saturated carbocycles. The zero-order chi connectivity index (χ0) is 27.0. The van der Waals surface area contributed by atoms with E-state index in [-0.39, 0.29) is 17.9 Å². The van der Waals surface area contributed by atoms with Crippen LogP contribution < -0.4 is 0 Å². The van der Waals surface area contributed by atoms with Gasteiger partial charge in [-0.3, -0.25) is 4.79 Å². The fourth-order valence-electron chi connectivity index (χ4n) is 4.57. The summed E-state index contributed by atoms with van der Waals surface area (Å²) < 4.78 is 58.0. The van der Waals surface area contributed by atoms with Crippen LogP contribution in [-0.4, -0.2) is 65.1 Å². The summed E-state index contributed by atoms with van der Waals surface area (Å²) in [4.78, 5) is 24.8. The van der Waals surface area contributed by atoms with Gasteiger partial charge in [-0.2, -0.15) is 0 Å². The maximum atomic E-state index is 14.1. The average molecular weight is 550 g/mol. The minimum atomic E-state index is -1.34. The molecular formula is C25H22ClF2N3O7. The number of carbonyl (C=O) groups excluding carboxylic acids is 2. The highest BCUT2D eigenvalue weighted by Crippen LogP contribution is 2.41. The number of hydrogen-bond donors (Lipinski definition) is 0. The van der Waals surface area contributed by atoms with Crippen LogP contribution in [0, 0.1) is 11.6 Å². The molecule has 2 saturated heterocycles. The van der Waals surface area contributed by atoms with Gasteiger partial charge in [0.15, 0.2) is 18.5 Å². The quantitative estimate of drug-likeness (QED) is 0.349. The molecule has 1 aromatic heterocycles. The fraction of sp³-hybridized carbons (Fsp3) is 0.360. The molecule has 2 aromatic carbocycles. The highest BCUT2D eigenvalue weighted by Gasteiger charge is 2.55. The van der Waals surface area contributed by atoms with Crippen LogP contribution in [0.5, 0.6) is 0 Å². The van der Waals surface area contributed by atoms with Crippen LogP contribution in [0.4, 0.5) is 8.78 Å². The van der Waals surface area contributed by atoms with Crippen LogP contribution in [0.2, 0.25) is 5.02 Å². The van der Waals surface area contributed by atoms with E-state index in [9.17, 15) is 18.4 Å². The summed E-state index contributed by atoms with van der Waals surface area (Å²) in [5.74, 6) is -3.41.